The summed E-state index contributed by atoms with van der Waals surface area (Å²) in [6.45, 7) is -2.97. The Morgan fingerprint density at radius 1 is 0.645 bits per heavy atom. The van der Waals surface area contributed by atoms with Crippen molar-refractivity contribution in [3.63, 3.8) is 0 Å². The van der Waals surface area contributed by atoms with E-state index in [-0.39, 0.29) is 11.5 Å². The monoisotopic (exact) mass is 470 g/mol. The van der Waals surface area contributed by atoms with Crippen LogP contribution in [0.1, 0.15) is 64.2 Å². The second-order valence-electron chi connectivity index (χ2n) is 8.46. The zero-order chi connectivity index (χ0) is 22.5. The van der Waals surface area contributed by atoms with Crippen LogP contribution in [0, 0.1) is 0 Å². The summed E-state index contributed by atoms with van der Waals surface area (Å²) in [4.78, 5) is 0. The molecule has 2 saturated carbocycles. The molecule has 0 atom stereocenters. The molecule has 2 aliphatic carbocycles. The van der Waals surface area contributed by atoms with E-state index in [2.05, 4.69) is 0 Å². The topological polar surface area (TPSA) is 18.5 Å². The first kappa shape index (κ1) is 24.5. The molecule has 0 amide bonds. The minimum Gasteiger partial charge on any atom is -0.484 e. The number of rotatable bonds is 7. The van der Waals surface area contributed by atoms with Crippen LogP contribution in [-0.4, -0.2) is 36.9 Å². The van der Waals surface area contributed by atoms with E-state index in [0.29, 0.717) is 11.3 Å². The molecule has 3 rings (SSSR count). The highest BCUT2D eigenvalue weighted by Crippen LogP contribution is 2.55. The van der Waals surface area contributed by atoms with Crippen molar-refractivity contribution in [3.05, 3.63) is 18.2 Å². The van der Waals surface area contributed by atoms with Gasteiger partial charge in [0.05, 0.1) is 0 Å². The van der Waals surface area contributed by atoms with Crippen molar-refractivity contribution in [3.8, 4) is 11.5 Å². The molecule has 31 heavy (non-hydrogen) atoms. The fourth-order valence-corrected chi connectivity index (χ4v) is 8.48. The van der Waals surface area contributed by atoms with E-state index < -0.39 is 33.5 Å². The highest BCUT2D eigenvalue weighted by atomic mass is 31.1. The molecule has 0 radical (unpaired) electrons. The maximum Gasteiger partial charge on any atom is 0.422 e. The highest BCUT2D eigenvalue weighted by Gasteiger charge is 2.34. The summed E-state index contributed by atoms with van der Waals surface area (Å²) in [6.07, 6.45) is 2.05. The Balaban J connectivity index is 1.92. The van der Waals surface area contributed by atoms with E-state index in [4.69, 9.17) is 9.47 Å². The minimum atomic E-state index is -4.53. The summed E-state index contributed by atoms with van der Waals surface area (Å²) < 4.78 is 86.0. The second kappa shape index (κ2) is 10.6. The molecule has 0 bridgehead atoms. The van der Waals surface area contributed by atoms with Crippen LogP contribution in [0.3, 0.4) is 0 Å². The lowest BCUT2D eigenvalue weighted by atomic mass is 9.99. The van der Waals surface area contributed by atoms with Crippen molar-refractivity contribution in [1.82, 2.24) is 0 Å². The third kappa shape index (κ3) is 8.03. The summed E-state index contributed by atoms with van der Waals surface area (Å²) >= 11 is 0. The normalized spacial score (nSPS) is 19.6. The van der Waals surface area contributed by atoms with Crippen LogP contribution in [0.5, 0.6) is 11.5 Å². The predicted octanol–water partition coefficient (Wildman–Crippen LogP) is 7.34. The maximum atomic E-state index is 12.7. The first-order valence-corrected chi connectivity index (χ1v) is 12.4. The summed E-state index contributed by atoms with van der Waals surface area (Å²) in [7, 11) is -0.725. The predicted molar refractivity (Wildman–Crippen MR) is 110 cm³/mol. The minimum absolute atomic E-state index is 0.0777. The van der Waals surface area contributed by atoms with E-state index >= 15 is 0 Å². The molecule has 0 aliphatic heterocycles. The molecule has 1 aromatic rings. The molecule has 2 fully saturated rings. The van der Waals surface area contributed by atoms with Crippen molar-refractivity contribution < 1.29 is 35.8 Å². The number of ether oxygens (including phenoxy) is 2. The molecular formula is C22H29F6O2P. The van der Waals surface area contributed by atoms with Crippen LogP contribution in [-0.2, 0) is 0 Å². The van der Waals surface area contributed by atoms with E-state index in [1.165, 1.54) is 12.8 Å². The van der Waals surface area contributed by atoms with Crippen molar-refractivity contribution >= 4 is 13.2 Å². The van der Waals surface area contributed by atoms with Gasteiger partial charge in [-0.2, -0.15) is 26.3 Å². The lowest BCUT2D eigenvalue weighted by Crippen LogP contribution is -2.27. The molecule has 0 aromatic heterocycles. The van der Waals surface area contributed by atoms with Gasteiger partial charge in [-0.1, -0.05) is 46.4 Å². The Bertz CT molecular complexity index is 640. The van der Waals surface area contributed by atoms with Crippen LogP contribution >= 0.6 is 7.92 Å². The largest absolute Gasteiger partial charge is 0.484 e. The quantitative estimate of drug-likeness (QED) is 0.307. The first-order chi connectivity index (χ1) is 14.6. The smallest absolute Gasteiger partial charge is 0.422 e. The van der Waals surface area contributed by atoms with Gasteiger partial charge in [-0.05, 0) is 54.4 Å². The fourth-order valence-electron chi connectivity index (χ4n) is 4.64. The molecule has 2 aliphatic rings. The van der Waals surface area contributed by atoms with Crippen molar-refractivity contribution in [2.75, 3.05) is 13.2 Å². The van der Waals surface area contributed by atoms with Crippen LogP contribution in [0.25, 0.3) is 0 Å². The zero-order valence-electron chi connectivity index (χ0n) is 17.4. The Morgan fingerprint density at radius 3 is 1.39 bits per heavy atom. The fraction of sp³-hybridized carbons (Fsp3) is 0.727. The summed E-state index contributed by atoms with van der Waals surface area (Å²) in [5.41, 5.74) is 0.889. The summed E-state index contributed by atoms with van der Waals surface area (Å²) in [5, 5.41) is 0.811. The Hall–Kier alpha value is -1.17. The first-order valence-electron chi connectivity index (χ1n) is 10.9. The molecule has 0 saturated heterocycles. The number of halogens is 6. The van der Waals surface area contributed by atoms with Crippen molar-refractivity contribution in [1.29, 1.82) is 0 Å². The standard InChI is InChI=1S/C22H29F6O2P/c23-21(24,25)14-29-16-11-17(30-15-22(26,27)28)13-20(12-16)31(18-7-3-1-4-8-18)19-9-5-2-6-10-19/h11-13,18-19H,1-10,14-15H2. The Labute approximate surface area is 180 Å². The van der Waals surface area contributed by atoms with Gasteiger partial charge in [0.2, 0.25) is 0 Å². The number of benzene rings is 1. The summed E-state index contributed by atoms with van der Waals surface area (Å²) in [6, 6.07) is 4.36. The van der Waals surface area contributed by atoms with Gasteiger partial charge in [0.1, 0.15) is 11.5 Å². The molecular weight excluding hydrogens is 441 g/mol. The van der Waals surface area contributed by atoms with Gasteiger partial charge in [-0.25, -0.2) is 0 Å². The van der Waals surface area contributed by atoms with Gasteiger partial charge in [0.25, 0.3) is 0 Å². The van der Waals surface area contributed by atoms with Crippen molar-refractivity contribution in [2.45, 2.75) is 87.9 Å². The average molecular weight is 470 g/mol. The molecule has 9 heteroatoms. The molecule has 0 N–H and O–H groups in total. The van der Waals surface area contributed by atoms with E-state index in [1.807, 2.05) is 0 Å². The van der Waals surface area contributed by atoms with Gasteiger partial charge in [0.15, 0.2) is 13.2 Å². The maximum absolute atomic E-state index is 12.7. The summed E-state index contributed by atoms with van der Waals surface area (Å²) in [5.74, 6) is -0.155. The van der Waals surface area contributed by atoms with Gasteiger partial charge in [-0.15, -0.1) is 0 Å². The molecule has 0 heterocycles. The van der Waals surface area contributed by atoms with Gasteiger partial charge in [-0.3, -0.25) is 0 Å². The molecule has 1 aromatic carbocycles. The average Bonchev–Trinajstić information content (AvgIpc) is 2.72. The van der Waals surface area contributed by atoms with E-state index in [0.717, 1.165) is 62.7 Å². The van der Waals surface area contributed by atoms with Gasteiger partial charge < -0.3 is 9.47 Å². The van der Waals surface area contributed by atoms with Crippen molar-refractivity contribution in [2.24, 2.45) is 0 Å². The number of hydrogen-bond acceptors (Lipinski definition) is 2. The zero-order valence-corrected chi connectivity index (χ0v) is 18.3. The molecule has 0 spiro atoms. The number of alkyl halides is 6. The SMILES string of the molecule is FC(F)(F)COc1cc(OCC(F)(F)F)cc(P(C2CCCCC2)C2CCCCC2)c1. The third-order valence-electron chi connectivity index (χ3n) is 5.90. The van der Waals surface area contributed by atoms with Crippen LogP contribution in [0.4, 0.5) is 26.3 Å². The van der Waals surface area contributed by atoms with Crippen LogP contribution in [0.15, 0.2) is 18.2 Å². The molecule has 0 unspecified atom stereocenters. The lowest BCUT2D eigenvalue weighted by Gasteiger charge is -2.39. The second-order valence-corrected chi connectivity index (χ2v) is 11.3. The lowest BCUT2D eigenvalue weighted by molar-refractivity contribution is -0.153. The molecule has 2 nitrogen and oxygen atoms in total. The highest BCUT2D eigenvalue weighted by molar-refractivity contribution is 7.67. The Kier molecular flexibility index (Phi) is 8.39. The van der Waals surface area contributed by atoms with Crippen LogP contribution < -0.4 is 14.8 Å². The molecule has 176 valence electrons. The van der Waals surface area contributed by atoms with E-state index in [9.17, 15) is 26.3 Å². The third-order valence-corrected chi connectivity index (χ3v) is 9.36. The Morgan fingerprint density at radius 2 is 1.03 bits per heavy atom. The van der Waals surface area contributed by atoms with Crippen LogP contribution in [0.2, 0.25) is 0 Å². The number of hydrogen-bond donors (Lipinski definition) is 0. The van der Waals surface area contributed by atoms with Gasteiger partial charge >= 0.3 is 12.4 Å². The van der Waals surface area contributed by atoms with E-state index in [1.54, 1.807) is 12.1 Å². The van der Waals surface area contributed by atoms with Gasteiger partial charge in [0, 0.05) is 6.07 Å².